The molecule has 0 spiro atoms. The maximum atomic E-state index is 15.1. The smallest absolute Gasteiger partial charge is 0.348 e. The van der Waals surface area contributed by atoms with Crippen LogP contribution in [0.25, 0.3) is 17.1 Å². The molecule has 1 atom stereocenters. The number of fused-ring (bicyclic) bond motifs is 2. The minimum absolute atomic E-state index is 0.0116. The Morgan fingerprint density at radius 2 is 1.71 bits per heavy atom. The zero-order valence-electron chi connectivity index (χ0n) is 26.4. The average Bonchev–Trinajstić information content (AvgIpc) is 3.82. The number of rotatable bonds is 9. The molecule has 1 amide bonds. The van der Waals surface area contributed by atoms with Crippen LogP contribution in [-0.4, -0.2) is 46.2 Å². The number of benzene rings is 2. The molecule has 5 aromatic rings. The lowest BCUT2D eigenvalue weighted by Crippen LogP contribution is -2.34. The molecule has 0 saturated carbocycles. The molecule has 2 aromatic carbocycles. The van der Waals surface area contributed by atoms with Crippen molar-refractivity contribution in [2.24, 2.45) is 0 Å². The first-order valence-corrected chi connectivity index (χ1v) is 15.5. The van der Waals surface area contributed by atoms with Gasteiger partial charge in [0.1, 0.15) is 36.5 Å². The number of ketones is 1. The zero-order chi connectivity index (χ0) is 37.2. The number of Topliss-reactive ketones (excluding diaryl/α,β-unsaturated/α-hetero) is 1. The second-order valence-electron chi connectivity index (χ2n) is 12.4. The Hall–Kier alpha value is -5.62. The Morgan fingerprint density at radius 3 is 2.40 bits per heavy atom. The van der Waals surface area contributed by atoms with Crippen molar-refractivity contribution in [3.63, 3.8) is 0 Å². The van der Waals surface area contributed by atoms with E-state index in [4.69, 9.17) is 0 Å². The van der Waals surface area contributed by atoms with Crippen molar-refractivity contribution in [3.05, 3.63) is 106 Å². The molecule has 0 radical (unpaired) electrons. The molecule has 7 rings (SSSR count). The van der Waals surface area contributed by atoms with Crippen LogP contribution in [0.15, 0.2) is 55.2 Å². The quantitative estimate of drug-likeness (QED) is 0.174. The SMILES string of the molecule is O=C(C[C@@H](Cc1cc(F)cc(F)c1)c1nc(-n2cncn2)ncc1-c1ccc2c(c1)C(=O)NC2)Cn1nc(C(F)(F)F)c2c1C(F)(F)CCC2(F)F. The highest BCUT2D eigenvalue weighted by molar-refractivity contribution is 5.99. The summed E-state index contributed by atoms with van der Waals surface area (Å²) in [4.78, 5) is 39.0. The van der Waals surface area contributed by atoms with Gasteiger partial charge in [-0.25, -0.2) is 32.5 Å². The predicted molar refractivity (Wildman–Crippen MR) is 160 cm³/mol. The molecule has 19 heteroatoms. The van der Waals surface area contributed by atoms with E-state index in [1.165, 1.54) is 24.9 Å². The fourth-order valence-electron chi connectivity index (χ4n) is 6.56. The Morgan fingerprint density at radius 1 is 0.981 bits per heavy atom. The molecule has 52 heavy (non-hydrogen) atoms. The molecule has 0 unspecified atom stereocenters. The summed E-state index contributed by atoms with van der Waals surface area (Å²) in [5.74, 6) is -13.1. The minimum atomic E-state index is -5.56. The number of halogens is 9. The molecule has 1 N–H and O–H groups in total. The van der Waals surface area contributed by atoms with Crippen molar-refractivity contribution in [3.8, 4) is 17.1 Å². The molecular weight excluding hydrogens is 711 g/mol. The summed E-state index contributed by atoms with van der Waals surface area (Å²) in [7, 11) is 0. The third-order valence-corrected chi connectivity index (χ3v) is 8.81. The van der Waals surface area contributed by atoms with Gasteiger partial charge in [-0.15, -0.1) is 0 Å². The van der Waals surface area contributed by atoms with Gasteiger partial charge in [0, 0.05) is 55.1 Å². The van der Waals surface area contributed by atoms with Crippen molar-refractivity contribution in [2.75, 3.05) is 0 Å². The van der Waals surface area contributed by atoms with Gasteiger partial charge in [-0.05, 0) is 41.3 Å². The summed E-state index contributed by atoms with van der Waals surface area (Å²) in [5, 5.41) is 9.73. The standard InChI is InChI=1S/C33H23F9N8O2/c34-20-6-16(7-21(35)10-20)5-19(8-22(51)13-49-28-25(27(48-49)33(40,41)42)31(36,37)3-4-32(28,38)39)26-24(12-45-30(47-26)50-15-43-14-46-50)17-1-2-18-11-44-29(52)23(18)9-17/h1-2,6-7,9-10,12,14-15,19H,3-5,8,11,13H2,(H,44,52)/t19-/m1/s1. The van der Waals surface area contributed by atoms with E-state index < -0.39 is 84.1 Å². The van der Waals surface area contributed by atoms with Gasteiger partial charge in [-0.3, -0.25) is 14.3 Å². The van der Waals surface area contributed by atoms with Gasteiger partial charge < -0.3 is 5.32 Å². The maximum Gasteiger partial charge on any atom is 0.435 e. The molecule has 1 aliphatic carbocycles. The Balaban J connectivity index is 1.34. The van der Waals surface area contributed by atoms with Crippen LogP contribution in [0.4, 0.5) is 39.5 Å². The van der Waals surface area contributed by atoms with Gasteiger partial charge in [0.25, 0.3) is 23.7 Å². The fraction of sp³-hybridized carbons (Fsp3) is 0.303. The first kappa shape index (κ1) is 34.8. The van der Waals surface area contributed by atoms with Crippen molar-refractivity contribution in [1.82, 2.24) is 39.8 Å². The van der Waals surface area contributed by atoms with Crippen molar-refractivity contribution < 1.29 is 49.1 Å². The maximum absolute atomic E-state index is 15.1. The van der Waals surface area contributed by atoms with Crippen LogP contribution in [0.1, 0.15) is 69.3 Å². The Kier molecular flexibility index (Phi) is 8.40. The molecular formula is C33H23F9N8O2. The lowest BCUT2D eigenvalue weighted by molar-refractivity contribution is -0.149. The summed E-state index contributed by atoms with van der Waals surface area (Å²) in [6.45, 7) is -1.02. The van der Waals surface area contributed by atoms with E-state index in [-0.39, 0.29) is 46.3 Å². The second kappa shape index (κ2) is 12.6. The van der Waals surface area contributed by atoms with E-state index in [0.717, 1.165) is 16.8 Å². The van der Waals surface area contributed by atoms with Crippen LogP contribution in [0.2, 0.25) is 0 Å². The normalized spacial score (nSPS) is 16.7. The Bertz CT molecular complexity index is 2200. The topological polar surface area (TPSA) is 120 Å². The average molecular weight is 735 g/mol. The third kappa shape index (κ3) is 6.50. The van der Waals surface area contributed by atoms with E-state index >= 15 is 8.78 Å². The fourth-order valence-corrected chi connectivity index (χ4v) is 6.56. The monoisotopic (exact) mass is 734 g/mol. The number of aromatic nitrogens is 7. The minimum Gasteiger partial charge on any atom is -0.348 e. The number of nitrogens with zero attached hydrogens (tertiary/aromatic N) is 7. The van der Waals surface area contributed by atoms with Crippen LogP contribution < -0.4 is 5.32 Å². The summed E-state index contributed by atoms with van der Waals surface area (Å²) in [5.41, 5.74) is -4.30. The van der Waals surface area contributed by atoms with Crippen molar-refractivity contribution in [2.45, 2.75) is 62.7 Å². The van der Waals surface area contributed by atoms with Gasteiger partial charge in [0.05, 0.1) is 11.3 Å². The number of alkyl halides is 7. The number of hydrogen-bond acceptors (Lipinski definition) is 7. The lowest BCUT2D eigenvalue weighted by Gasteiger charge is -2.29. The van der Waals surface area contributed by atoms with Crippen molar-refractivity contribution >= 4 is 11.7 Å². The highest BCUT2D eigenvalue weighted by Gasteiger charge is 2.57. The number of nitrogens with one attached hydrogen (secondary N) is 1. The van der Waals surface area contributed by atoms with E-state index in [1.807, 2.05) is 0 Å². The van der Waals surface area contributed by atoms with Gasteiger partial charge in [-0.1, -0.05) is 12.1 Å². The summed E-state index contributed by atoms with van der Waals surface area (Å²) >= 11 is 0. The van der Waals surface area contributed by atoms with E-state index in [1.54, 1.807) is 12.1 Å². The molecule has 0 saturated heterocycles. The number of carbonyl (C=O) groups is 2. The summed E-state index contributed by atoms with van der Waals surface area (Å²) in [6, 6.07) is 7.38. The number of carbonyl (C=O) groups excluding carboxylic acids is 2. The predicted octanol–water partition coefficient (Wildman–Crippen LogP) is 6.42. The van der Waals surface area contributed by atoms with Crippen LogP contribution in [0.5, 0.6) is 0 Å². The first-order chi connectivity index (χ1) is 24.5. The highest BCUT2D eigenvalue weighted by Crippen LogP contribution is 2.53. The lowest BCUT2D eigenvalue weighted by atomic mass is 9.86. The zero-order valence-corrected chi connectivity index (χ0v) is 26.4. The largest absolute Gasteiger partial charge is 0.435 e. The van der Waals surface area contributed by atoms with Crippen LogP contribution in [-0.2, 0) is 42.3 Å². The highest BCUT2D eigenvalue weighted by atomic mass is 19.4. The van der Waals surface area contributed by atoms with E-state index in [9.17, 15) is 40.3 Å². The first-order valence-electron chi connectivity index (χ1n) is 15.5. The van der Waals surface area contributed by atoms with Crippen LogP contribution >= 0.6 is 0 Å². The van der Waals surface area contributed by atoms with E-state index in [2.05, 4.69) is 30.5 Å². The van der Waals surface area contributed by atoms with Gasteiger partial charge in [0.2, 0.25) is 0 Å². The Labute approximate surface area is 286 Å². The second-order valence-corrected chi connectivity index (χ2v) is 12.4. The molecule has 0 bridgehead atoms. The van der Waals surface area contributed by atoms with E-state index in [0.29, 0.717) is 22.8 Å². The third-order valence-electron chi connectivity index (χ3n) is 8.81. The number of hydrogen-bond donors (Lipinski definition) is 1. The van der Waals surface area contributed by atoms with Crippen LogP contribution in [0, 0.1) is 11.6 Å². The van der Waals surface area contributed by atoms with Crippen molar-refractivity contribution in [1.29, 1.82) is 0 Å². The molecule has 10 nitrogen and oxygen atoms in total. The molecule has 2 aliphatic rings. The van der Waals surface area contributed by atoms with Gasteiger partial charge >= 0.3 is 6.18 Å². The van der Waals surface area contributed by atoms with Gasteiger partial charge in [0.15, 0.2) is 11.5 Å². The number of amides is 1. The molecule has 1 aliphatic heterocycles. The molecule has 0 fully saturated rings. The van der Waals surface area contributed by atoms with Gasteiger partial charge in [-0.2, -0.15) is 36.8 Å². The molecule has 270 valence electrons. The molecule has 3 aromatic heterocycles. The molecule has 4 heterocycles. The summed E-state index contributed by atoms with van der Waals surface area (Å²) in [6.07, 6.45) is -5.93. The summed E-state index contributed by atoms with van der Waals surface area (Å²) < 4.78 is 131. The van der Waals surface area contributed by atoms with Crippen LogP contribution in [0.3, 0.4) is 0 Å².